The Hall–Kier alpha value is -1.75. The number of carboxylic acids is 1. The summed E-state index contributed by atoms with van der Waals surface area (Å²) in [4.78, 5) is 15.2. The van der Waals surface area contributed by atoms with Crippen LogP contribution in [0, 0.1) is 5.82 Å². The van der Waals surface area contributed by atoms with E-state index in [0.29, 0.717) is 10.6 Å². The highest BCUT2D eigenvalue weighted by Crippen LogP contribution is 2.23. The summed E-state index contributed by atoms with van der Waals surface area (Å²) in [5.41, 5.74) is 0.660. The first-order valence-electron chi connectivity index (χ1n) is 5.03. The molecule has 1 aromatic carbocycles. The Balaban J connectivity index is 2.22. The quantitative estimate of drug-likeness (QED) is 0.908. The van der Waals surface area contributed by atoms with Gasteiger partial charge in [0, 0.05) is 11.6 Å². The van der Waals surface area contributed by atoms with E-state index in [1.165, 1.54) is 23.5 Å². The molecule has 5 heteroatoms. The lowest BCUT2D eigenvalue weighted by molar-refractivity contribution is -0.138. The molecule has 1 aromatic heterocycles. The first kappa shape index (κ1) is 11.7. The molecule has 17 heavy (non-hydrogen) atoms. The van der Waals surface area contributed by atoms with Crippen molar-refractivity contribution >= 4 is 17.3 Å². The molecule has 3 nitrogen and oxygen atoms in total. The number of benzene rings is 1. The fourth-order valence-electron chi connectivity index (χ4n) is 1.59. The number of aliphatic carboxylic acids is 1. The van der Waals surface area contributed by atoms with Crippen LogP contribution in [-0.2, 0) is 11.2 Å². The minimum atomic E-state index is -0.941. The standard InChI is InChI=1S/C12H10FNO2S/c13-9-3-1-2-8(6-9)7-10(12(15)16)11-14-4-5-17-11/h1-6,10H,7H2,(H,15,16). The molecule has 2 rings (SSSR count). The fraction of sp³-hybridized carbons (Fsp3) is 0.167. The number of nitrogens with zero attached hydrogens (tertiary/aromatic N) is 1. The number of hydrogen-bond acceptors (Lipinski definition) is 3. The van der Waals surface area contributed by atoms with Gasteiger partial charge in [0.2, 0.25) is 0 Å². The van der Waals surface area contributed by atoms with Crippen LogP contribution >= 0.6 is 11.3 Å². The second-order valence-corrected chi connectivity index (χ2v) is 4.52. The van der Waals surface area contributed by atoms with E-state index in [0.717, 1.165) is 0 Å². The summed E-state index contributed by atoms with van der Waals surface area (Å²) in [5, 5.41) is 11.4. The molecule has 1 atom stereocenters. The second kappa shape index (κ2) is 5.05. The lowest BCUT2D eigenvalue weighted by atomic mass is 10.00. The molecular weight excluding hydrogens is 241 g/mol. The summed E-state index contributed by atoms with van der Waals surface area (Å²) in [5.74, 6) is -2.01. The van der Waals surface area contributed by atoms with E-state index in [9.17, 15) is 9.18 Å². The van der Waals surface area contributed by atoms with Gasteiger partial charge in [0.05, 0.1) is 0 Å². The molecule has 0 aliphatic rings. The molecule has 0 fully saturated rings. The Morgan fingerprint density at radius 3 is 2.94 bits per heavy atom. The van der Waals surface area contributed by atoms with Crippen molar-refractivity contribution < 1.29 is 14.3 Å². The van der Waals surface area contributed by atoms with E-state index in [2.05, 4.69) is 4.98 Å². The summed E-state index contributed by atoms with van der Waals surface area (Å²) in [6.07, 6.45) is 1.82. The number of carbonyl (C=O) groups is 1. The van der Waals surface area contributed by atoms with Crippen molar-refractivity contribution in [1.82, 2.24) is 4.98 Å². The first-order chi connectivity index (χ1) is 8.16. The van der Waals surface area contributed by atoms with E-state index in [1.54, 1.807) is 23.7 Å². The van der Waals surface area contributed by atoms with Crippen molar-refractivity contribution in [2.45, 2.75) is 12.3 Å². The van der Waals surface area contributed by atoms with Gasteiger partial charge >= 0.3 is 5.97 Å². The lowest BCUT2D eigenvalue weighted by Crippen LogP contribution is -2.14. The lowest BCUT2D eigenvalue weighted by Gasteiger charge is -2.09. The van der Waals surface area contributed by atoms with Crippen LogP contribution < -0.4 is 0 Å². The SMILES string of the molecule is O=C(O)C(Cc1cccc(F)c1)c1nccs1. The van der Waals surface area contributed by atoms with Gasteiger partial charge in [-0.05, 0) is 24.1 Å². The van der Waals surface area contributed by atoms with Gasteiger partial charge in [-0.15, -0.1) is 11.3 Å². The van der Waals surface area contributed by atoms with Gasteiger partial charge in [-0.3, -0.25) is 4.79 Å². The minimum absolute atomic E-state index is 0.251. The average molecular weight is 251 g/mol. The van der Waals surface area contributed by atoms with Crippen LogP contribution in [0.25, 0.3) is 0 Å². The molecule has 0 radical (unpaired) electrons. The molecule has 0 saturated heterocycles. The molecular formula is C12H10FNO2S. The third-order valence-corrected chi connectivity index (χ3v) is 3.27. The van der Waals surface area contributed by atoms with E-state index in [-0.39, 0.29) is 12.2 Å². The molecule has 88 valence electrons. The third kappa shape index (κ3) is 2.88. The van der Waals surface area contributed by atoms with Crippen LogP contribution in [0.15, 0.2) is 35.8 Å². The molecule has 0 aliphatic heterocycles. The highest BCUT2D eigenvalue weighted by molar-refractivity contribution is 7.09. The van der Waals surface area contributed by atoms with Crippen molar-refractivity contribution in [3.8, 4) is 0 Å². The number of carboxylic acid groups (broad SMARTS) is 1. The van der Waals surface area contributed by atoms with Crippen LogP contribution in [0.2, 0.25) is 0 Å². The molecule has 0 bridgehead atoms. The summed E-state index contributed by atoms with van der Waals surface area (Å²) >= 11 is 1.30. The maximum absolute atomic E-state index is 13.0. The van der Waals surface area contributed by atoms with E-state index < -0.39 is 11.9 Å². The summed E-state index contributed by atoms with van der Waals surface area (Å²) in [6.45, 7) is 0. The molecule has 1 heterocycles. The van der Waals surface area contributed by atoms with Crippen LogP contribution in [0.1, 0.15) is 16.5 Å². The second-order valence-electron chi connectivity index (χ2n) is 3.60. The maximum Gasteiger partial charge on any atom is 0.313 e. The highest BCUT2D eigenvalue weighted by atomic mass is 32.1. The maximum atomic E-state index is 13.0. The van der Waals surface area contributed by atoms with Crippen LogP contribution in [0.3, 0.4) is 0 Å². The molecule has 2 aromatic rings. The monoisotopic (exact) mass is 251 g/mol. The van der Waals surface area contributed by atoms with E-state index in [1.807, 2.05) is 0 Å². The highest BCUT2D eigenvalue weighted by Gasteiger charge is 2.22. The van der Waals surface area contributed by atoms with Gasteiger partial charge < -0.3 is 5.11 Å². The first-order valence-corrected chi connectivity index (χ1v) is 5.91. The number of thiazole rings is 1. The van der Waals surface area contributed by atoms with Gasteiger partial charge in [-0.2, -0.15) is 0 Å². The molecule has 0 spiro atoms. The Morgan fingerprint density at radius 1 is 1.53 bits per heavy atom. The van der Waals surface area contributed by atoms with Crippen molar-refractivity contribution in [3.63, 3.8) is 0 Å². The van der Waals surface area contributed by atoms with Crippen molar-refractivity contribution in [2.24, 2.45) is 0 Å². The number of aromatic nitrogens is 1. The van der Waals surface area contributed by atoms with Crippen LogP contribution in [0.4, 0.5) is 4.39 Å². The Bertz CT molecular complexity index is 513. The van der Waals surface area contributed by atoms with Crippen molar-refractivity contribution in [3.05, 3.63) is 52.2 Å². The predicted molar refractivity (Wildman–Crippen MR) is 62.6 cm³/mol. The Kier molecular flexibility index (Phi) is 3.49. The van der Waals surface area contributed by atoms with Crippen LogP contribution in [-0.4, -0.2) is 16.1 Å². The van der Waals surface area contributed by atoms with Gasteiger partial charge in [-0.1, -0.05) is 12.1 Å². The zero-order chi connectivity index (χ0) is 12.3. The van der Waals surface area contributed by atoms with Crippen molar-refractivity contribution in [2.75, 3.05) is 0 Å². The zero-order valence-corrected chi connectivity index (χ0v) is 9.65. The normalized spacial score (nSPS) is 12.3. The fourth-order valence-corrected chi connectivity index (χ4v) is 2.32. The Morgan fingerprint density at radius 2 is 2.35 bits per heavy atom. The summed E-state index contributed by atoms with van der Waals surface area (Å²) in [7, 11) is 0. The number of hydrogen-bond donors (Lipinski definition) is 1. The molecule has 0 saturated carbocycles. The van der Waals surface area contributed by atoms with Crippen LogP contribution in [0.5, 0.6) is 0 Å². The topological polar surface area (TPSA) is 50.2 Å². The van der Waals surface area contributed by atoms with Gasteiger partial charge in [0.1, 0.15) is 16.7 Å². The molecule has 1 N–H and O–H groups in total. The zero-order valence-electron chi connectivity index (χ0n) is 8.84. The molecule has 0 amide bonds. The minimum Gasteiger partial charge on any atom is -0.481 e. The summed E-state index contributed by atoms with van der Waals surface area (Å²) in [6, 6.07) is 5.98. The van der Waals surface area contributed by atoms with Gasteiger partial charge in [0.25, 0.3) is 0 Å². The molecule has 0 aliphatic carbocycles. The molecule has 1 unspecified atom stereocenters. The average Bonchev–Trinajstić information content (AvgIpc) is 2.78. The number of rotatable bonds is 4. The summed E-state index contributed by atoms with van der Waals surface area (Å²) < 4.78 is 13.0. The van der Waals surface area contributed by atoms with Crippen molar-refractivity contribution in [1.29, 1.82) is 0 Å². The van der Waals surface area contributed by atoms with Gasteiger partial charge in [0.15, 0.2) is 0 Å². The largest absolute Gasteiger partial charge is 0.481 e. The number of halogens is 1. The third-order valence-electron chi connectivity index (χ3n) is 2.38. The predicted octanol–water partition coefficient (Wildman–Crippen LogP) is 2.69. The Labute approximate surface area is 102 Å². The van der Waals surface area contributed by atoms with E-state index >= 15 is 0 Å². The smallest absolute Gasteiger partial charge is 0.313 e. The van der Waals surface area contributed by atoms with Gasteiger partial charge in [-0.25, -0.2) is 9.37 Å². The van der Waals surface area contributed by atoms with E-state index in [4.69, 9.17) is 5.11 Å².